The standard InChI is InChI=1S/C15H21FN2O/c1-9-7-12(17)8-13(14(9)16)15(19)18-10(2)11-5-3-4-6-11/h7-8,10-11H,3-6,17H2,1-2H3,(H,18,19). The average Bonchev–Trinajstić information content (AvgIpc) is 2.87. The van der Waals surface area contributed by atoms with Gasteiger partial charge in [0, 0.05) is 11.7 Å². The van der Waals surface area contributed by atoms with E-state index in [0.717, 1.165) is 12.8 Å². The highest BCUT2D eigenvalue weighted by Gasteiger charge is 2.24. The fraction of sp³-hybridized carbons (Fsp3) is 0.533. The second-order valence-corrected chi connectivity index (χ2v) is 5.51. The number of nitrogen functional groups attached to an aromatic ring is 1. The number of carbonyl (C=O) groups is 1. The van der Waals surface area contributed by atoms with Crippen molar-refractivity contribution in [2.75, 3.05) is 5.73 Å². The molecule has 1 fully saturated rings. The van der Waals surface area contributed by atoms with Gasteiger partial charge in [-0.05, 0) is 50.3 Å². The topological polar surface area (TPSA) is 55.1 Å². The zero-order valence-corrected chi connectivity index (χ0v) is 11.5. The second kappa shape index (κ2) is 5.59. The van der Waals surface area contributed by atoms with Crippen LogP contribution < -0.4 is 11.1 Å². The predicted octanol–water partition coefficient (Wildman–Crippen LogP) is 3.02. The lowest BCUT2D eigenvalue weighted by Gasteiger charge is -2.20. The van der Waals surface area contributed by atoms with E-state index in [1.807, 2.05) is 6.92 Å². The van der Waals surface area contributed by atoms with Crippen molar-refractivity contribution in [3.63, 3.8) is 0 Å². The summed E-state index contributed by atoms with van der Waals surface area (Å²) >= 11 is 0. The average molecular weight is 264 g/mol. The predicted molar refractivity (Wildman–Crippen MR) is 74.4 cm³/mol. The summed E-state index contributed by atoms with van der Waals surface area (Å²) in [6.45, 7) is 3.60. The number of amides is 1. The molecule has 2 rings (SSSR count). The molecule has 1 aliphatic rings. The van der Waals surface area contributed by atoms with Crippen molar-refractivity contribution in [1.82, 2.24) is 5.32 Å². The highest BCUT2D eigenvalue weighted by atomic mass is 19.1. The van der Waals surface area contributed by atoms with Gasteiger partial charge in [-0.25, -0.2) is 4.39 Å². The van der Waals surface area contributed by atoms with Gasteiger partial charge in [-0.1, -0.05) is 12.8 Å². The van der Waals surface area contributed by atoms with Crippen molar-refractivity contribution in [2.45, 2.75) is 45.6 Å². The Morgan fingerprint density at radius 2 is 2.05 bits per heavy atom. The Balaban J connectivity index is 2.11. The lowest BCUT2D eigenvalue weighted by molar-refractivity contribution is 0.0923. The van der Waals surface area contributed by atoms with Gasteiger partial charge in [0.25, 0.3) is 5.91 Å². The smallest absolute Gasteiger partial charge is 0.254 e. The summed E-state index contributed by atoms with van der Waals surface area (Å²) < 4.78 is 13.9. The van der Waals surface area contributed by atoms with Crippen LogP contribution in [0.4, 0.5) is 10.1 Å². The van der Waals surface area contributed by atoms with Gasteiger partial charge in [0.1, 0.15) is 5.82 Å². The SMILES string of the molecule is Cc1cc(N)cc(C(=O)NC(C)C2CCCC2)c1F. The minimum absolute atomic E-state index is 0.0438. The van der Waals surface area contributed by atoms with Gasteiger partial charge in [-0.2, -0.15) is 0 Å². The Morgan fingerprint density at radius 1 is 1.42 bits per heavy atom. The third-order valence-electron chi connectivity index (χ3n) is 3.99. The van der Waals surface area contributed by atoms with Gasteiger partial charge in [-0.3, -0.25) is 4.79 Å². The zero-order chi connectivity index (χ0) is 14.0. The van der Waals surface area contributed by atoms with Crippen molar-refractivity contribution in [2.24, 2.45) is 5.92 Å². The monoisotopic (exact) mass is 264 g/mol. The number of anilines is 1. The molecule has 1 amide bonds. The number of halogens is 1. The molecule has 1 atom stereocenters. The summed E-state index contributed by atoms with van der Waals surface area (Å²) in [7, 11) is 0. The number of hydrogen-bond donors (Lipinski definition) is 2. The first kappa shape index (κ1) is 13.8. The van der Waals surface area contributed by atoms with Crippen LogP contribution in [0, 0.1) is 18.7 Å². The highest BCUT2D eigenvalue weighted by molar-refractivity contribution is 5.95. The Hall–Kier alpha value is -1.58. The Bertz CT molecular complexity index is 481. The fourth-order valence-corrected chi connectivity index (χ4v) is 2.82. The van der Waals surface area contributed by atoms with E-state index in [0.29, 0.717) is 17.2 Å². The molecule has 0 aliphatic heterocycles. The molecule has 1 aromatic rings. The van der Waals surface area contributed by atoms with Crippen molar-refractivity contribution in [3.05, 3.63) is 29.1 Å². The lowest BCUT2D eigenvalue weighted by Crippen LogP contribution is -2.37. The molecule has 0 saturated heterocycles. The summed E-state index contributed by atoms with van der Waals surface area (Å²) in [5, 5.41) is 2.90. The van der Waals surface area contributed by atoms with Crippen LogP contribution in [0.15, 0.2) is 12.1 Å². The molecular formula is C15H21FN2O. The molecule has 1 aromatic carbocycles. The van der Waals surface area contributed by atoms with Gasteiger partial charge in [0.05, 0.1) is 5.56 Å². The Morgan fingerprint density at radius 3 is 2.68 bits per heavy atom. The molecule has 3 nitrogen and oxygen atoms in total. The summed E-state index contributed by atoms with van der Waals surface area (Å²) in [5.74, 6) is -0.341. The Kier molecular flexibility index (Phi) is 4.08. The zero-order valence-electron chi connectivity index (χ0n) is 11.5. The molecule has 0 spiro atoms. The second-order valence-electron chi connectivity index (χ2n) is 5.51. The van der Waals surface area contributed by atoms with E-state index in [1.165, 1.54) is 25.0 Å². The van der Waals surface area contributed by atoms with E-state index in [4.69, 9.17) is 5.73 Å². The van der Waals surface area contributed by atoms with Crippen LogP contribution in [0.5, 0.6) is 0 Å². The van der Waals surface area contributed by atoms with Crippen molar-refractivity contribution >= 4 is 11.6 Å². The summed E-state index contributed by atoms with van der Waals surface area (Å²) in [4.78, 5) is 12.1. The molecular weight excluding hydrogens is 243 g/mol. The summed E-state index contributed by atoms with van der Waals surface area (Å²) in [6.07, 6.45) is 4.72. The molecule has 4 heteroatoms. The lowest BCUT2D eigenvalue weighted by atomic mass is 9.99. The Labute approximate surface area is 113 Å². The van der Waals surface area contributed by atoms with E-state index in [9.17, 15) is 9.18 Å². The fourth-order valence-electron chi connectivity index (χ4n) is 2.82. The maximum atomic E-state index is 13.9. The number of nitrogens with one attached hydrogen (secondary N) is 1. The van der Waals surface area contributed by atoms with Crippen LogP contribution in [0.3, 0.4) is 0 Å². The summed E-state index contributed by atoms with van der Waals surface area (Å²) in [5.41, 5.74) is 6.53. The molecule has 1 unspecified atom stereocenters. The number of nitrogens with two attached hydrogens (primary N) is 1. The third-order valence-corrected chi connectivity index (χ3v) is 3.99. The highest BCUT2D eigenvalue weighted by Crippen LogP contribution is 2.27. The quantitative estimate of drug-likeness (QED) is 0.824. The number of benzene rings is 1. The van der Waals surface area contributed by atoms with Gasteiger partial charge in [-0.15, -0.1) is 0 Å². The molecule has 0 bridgehead atoms. The number of aryl methyl sites for hydroxylation is 1. The van der Waals surface area contributed by atoms with Crippen LogP contribution in [0.25, 0.3) is 0 Å². The van der Waals surface area contributed by atoms with Gasteiger partial charge >= 0.3 is 0 Å². The van der Waals surface area contributed by atoms with Gasteiger partial charge in [0.15, 0.2) is 0 Å². The molecule has 1 saturated carbocycles. The van der Waals surface area contributed by atoms with Crippen molar-refractivity contribution in [1.29, 1.82) is 0 Å². The molecule has 19 heavy (non-hydrogen) atoms. The van der Waals surface area contributed by atoms with E-state index in [1.54, 1.807) is 6.92 Å². The van der Waals surface area contributed by atoms with E-state index in [2.05, 4.69) is 5.32 Å². The number of rotatable bonds is 3. The van der Waals surface area contributed by atoms with Crippen molar-refractivity contribution in [3.8, 4) is 0 Å². The van der Waals surface area contributed by atoms with E-state index in [-0.39, 0.29) is 17.5 Å². The molecule has 104 valence electrons. The van der Waals surface area contributed by atoms with Crippen LogP contribution in [0.1, 0.15) is 48.5 Å². The first-order chi connectivity index (χ1) is 8.99. The van der Waals surface area contributed by atoms with Crippen LogP contribution in [-0.4, -0.2) is 11.9 Å². The van der Waals surface area contributed by atoms with E-state index < -0.39 is 5.82 Å². The van der Waals surface area contributed by atoms with Crippen molar-refractivity contribution < 1.29 is 9.18 Å². The normalized spacial score (nSPS) is 17.4. The largest absolute Gasteiger partial charge is 0.399 e. The molecule has 0 aromatic heterocycles. The first-order valence-electron chi connectivity index (χ1n) is 6.85. The maximum absolute atomic E-state index is 13.9. The van der Waals surface area contributed by atoms with E-state index >= 15 is 0 Å². The molecule has 0 heterocycles. The first-order valence-corrected chi connectivity index (χ1v) is 6.85. The van der Waals surface area contributed by atoms with Gasteiger partial charge in [0.2, 0.25) is 0 Å². The van der Waals surface area contributed by atoms with Crippen LogP contribution in [-0.2, 0) is 0 Å². The maximum Gasteiger partial charge on any atom is 0.254 e. The summed E-state index contributed by atoms with van der Waals surface area (Å²) in [6, 6.07) is 3.02. The van der Waals surface area contributed by atoms with Crippen LogP contribution in [0.2, 0.25) is 0 Å². The van der Waals surface area contributed by atoms with Gasteiger partial charge < -0.3 is 11.1 Å². The molecule has 1 aliphatic carbocycles. The molecule has 0 radical (unpaired) electrons. The number of carbonyl (C=O) groups excluding carboxylic acids is 1. The minimum Gasteiger partial charge on any atom is -0.399 e. The minimum atomic E-state index is -0.481. The number of hydrogen-bond acceptors (Lipinski definition) is 2. The molecule has 3 N–H and O–H groups in total. The van der Waals surface area contributed by atoms with Crippen LogP contribution >= 0.6 is 0 Å². The third kappa shape index (κ3) is 3.06.